The molecule has 1 amide bonds. The molecule has 68 valence electrons. The van der Waals surface area contributed by atoms with Gasteiger partial charge in [0.15, 0.2) is 5.70 Å². The maximum atomic E-state index is 11.0. The second-order valence-electron chi connectivity index (χ2n) is 2.31. The van der Waals surface area contributed by atoms with E-state index in [2.05, 4.69) is 5.32 Å². The fourth-order valence-electron chi connectivity index (χ4n) is 0.640. The molecule has 0 unspecified atom stereocenters. The molecule has 0 aromatic rings. The van der Waals surface area contributed by atoms with E-state index >= 15 is 0 Å². The molecule has 0 aliphatic heterocycles. The Hall–Kier alpha value is -2.01. The third-order valence-corrected chi connectivity index (χ3v) is 1.24. The van der Waals surface area contributed by atoms with Gasteiger partial charge in [-0.1, -0.05) is 6.92 Å². The van der Waals surface area contributed by atoms with E-state index in [0.717, 1.165) is 0 Å². The Morgan fingerprint density at radius 1 is 1.46 bits per heavy atom. The summed E-state index contributed by atoms with van der Waals surface area (Å²) >= 11 is 0. The lowest BCUT2D eigenvalue weighted by atomic mass is 10.3. The van der Waals surface area contributed by atoms with Gasteiger partial charge in [-0.05, 0) is 6.42 Å². The maximum absolute atomic E-state index is 11.0. The van der Waals surface area contributed by atoms with Crippen molar-refractivity contribution in [2.45, 2.75) is 19.8 Å². The number of nitriles is 2. The Balaban J connectivity index is 4.44. The molecule has 0 saturated heterocycles. The third-order valence-electron chi connectivity index (χ3n) is 1.24. The highest BCUT2D eigenvalue weighted by Crippen LogP contribution is 1.94. The number of carbonyl (C=O) groups excluding carboxylic acids is 1. The Kier molecular flexibility index (Phi) is 4.75. The molecule has 3 N–H and O–H groups in total. The van der Waals surface area contributed by atoms with E-state index in [-0.39, 0.29) is 17.3 Å². The topological polar surface area (TPSA) is 103 Å². The minimum absolute atomic E-state index is 0.180. The molecular formula is C8H10N4O. The first-order valence-corrected chi connectivity index (χ1v) is 3.75. The van der Waals surface area contributed by atoms with Crippen molar-refractivity contribution in [3.05, 3.63) is 11.4 Å². The van der Waals surface area contributed by atoms with Gasteiger partial charge in [-0.2, -0.15) is 10.5 Å². The van der Waals surface area contributed by atoms with Crippen LogP contribution < -0.4 is 11.1 Å². The molecule has 0 fully saturated rings. The monoisotopic (exact) mass is 178 g/mol. The first-order chi connectivity index (χ1) is 6.15. The van der Waals surface area contributed by atoms with E-state index < -0.39 is 0 Å². The first kappa shape index (κ1) is 11.0. The van der Waals surface area contributed by atoms with E-state index in [9.17, 15) is 4.79 Å². The zero-order valence-corrected chi connectivity index (χ0v) is 7.29. The van der Waals surface area contributed by atoms with E-state index in [4.69, 9.17) is 16.3 Å². The summed E-state index contributed by atoms with van der Waals surface area (Å²) in [6, 6.07) is 3.23. The van der Waals surface area contributed by atoms with Crippen molar-refractivity contribution < 1.29 is 4.79 Å². The first-order valence-electron chi connectivity index (χ1n) is 3.75. The van der Waals surface area contributed by atoms with E-state index in [0.29, 0.717) is 12.8 Å². The fourth-order valence-corrected chi connectivity index (χ4v) is 0.640. The van der Waals surface area contributed by atoms with Crippen molar-refractivity contribution in [3.8, 4) is 12.1 Å². The number of nitrogens with one attached hydrogen (secondary N) is 1. The standard InChI is InChI=1S/C8H10N4O/c1-2-3-8(13)12-7(5-10)6(11)4-9/h2-3,11H2,1H3,(H,12,13)/b7-6-. The van der Waals surface area contributed by atoms with Crippen LogP contribution in [0.15, 0.2) is 11.4 Å². The van der Waals surface area contributed by atoms with Crippen LogP contribution in [0.2, 0.25) is 0 Å². The van der Waals surface area contributed by atoms with Gasteiger partial charge in [-0.25, -0.2) is 0 Å². The molecule has 0 rings (SSSR count). The fraction of sp³-hybridized carbons (Fsp3) is 0.375. The predicted molar refractivity (Wildman–Crippen MR) is 45.5 cm³/mol. The van der Waals surface area contributed by atoms with Gasteiger partial charge in [0.2, 0.25) is 5.91 Å². The minimum Gasteiger partial charge on any atom is -0.388 e. The molecule has 0 aromatic heterocycles. The Morgan fingerprint density at radius 2 is 2.08 bits per heavy atom. The SMILES string of the molecule is CCCC(=O)N/C(C#N)=C(\N)C#N. The molecular weight excluding hydrogens is 168 g/mol. The number of nitrogens with two attached hydrogens (primary N) is 1. The van der Waals surface area contributed by atoms with Gasteiger partial charge in [0.25, 0.3) is 0 Å². The minimum atomic E-state index is -0.308. The normalized spacial score (nSPS) is 10.7. The molecule has 0 spiro atoms. The summed E-state index contributed by atoms with van der Waals surface area (Å²) in [5.41, 5.74) is 4.70. The van der Waals surface area contributed by atoms with Crippen molar-refractivity contribution in [2.24, 2.45) is 5.73 Å². The molecule has 0 radical (unpaired) electrons. The smallest absolute Gasteiger partial charge is 0.224 e. The molecule has 0 bridgehead atoms. The summed E-state index contributed by atoms with van der Waals surface area (Å²) in [5.74, 6) is -0.308. The quantitative estimate of drug-likeness (QED) is 0.599. The van der Waals surface area contributed by atoms with Crippen molar-refractivity contribution in [3.63, 3.8) is 0 Å². The average molecular weight is 178 g/mol. The van der Waals surface area contributed by atoms with Gasteiger partial charge < -0.3 is 11.1 Å². The van der Waals surface area contributed by atoms with Crippen LogP contribution in [0.5, 0.6) is 0 Å². The molecule has 0 saturated carbocycles. The number of hydrogen-bond donors (Lipinski definition) is 2. The molecule has 0 atom stereocenters. The van der Waals surface area contributed by atoms with Crippen LogP contribution in [0.3, 0.4) is 0 Å². The van der Waals surface area contributed by atoms with E-state index in [1.54, 1.807) is 12.1 Å². The van der Waals surface area contributed by atoms with Crippen molar-refractivity contribution >= 4 is 5.91 Å². The van der Waals surface area contributed by atoms with E-state index in [1.165, 1.54) is 0 Å². The summed E-state index contributed by atoms with van der Waals surface area (Å²) in [5, 5.41) is 19.1. The van der Waals surface area contributed by atoms with Gasteiger partial charge in [-0.15, -0.1) is 0 Å². The molecule has 0 heterocycles. The third kappa shape index (κ3) is 3.78. The number of allylic oxidation sites excluding steroid dienone is 2. The molecule has 0 aromatic carbocycles. The van der Waals surface area contributed by atoms with Gasteiger partial charge in [0.05, 0.1) is 0 Å². The van der Waals surface area contributed by atoms with Crippen LogP contribution in [-0.2, 0) is 4.79 Å². The van der Waals surface area contributed by atoms with Crippen molar-refractivity contribution in [1.82, 2.24) is 5.32 Å². The highest BCUT2D eigenvalue weighted by atomic mass is 16.1. The van der Waals surface area contributed by atoms with Gasteiger partial charge >= 0.3 is 0 Å². The van der Waals surface area contributed by atoms with Crippen LogP contribution in [0, 0.1) is 22.7 Å². The number of hydrogen-bond acceptors (Lipinski definition) is 4. The maximum Gasteiger partial charge on any atom is 0.224 e. The summed E-state index contributed by atoms with van der Waals surface area (Å²) < 4.78 is 0. The van der Waals surface area contributed by atoms with Crippen LogP contribution in [0.1, 0.15) is 19.8 Å². The number of carbonyl (C=O) groups is 1. The summed E-state index contributed by atoms with van der Waals surface area (Å²) in [4.78, 5) is 11.0. The number of amides is 1. The lowest BCUT2D eigenvalue weighted by Crippen LogP contribution is -2.24. The Morgan fingerprint density at radius 3 is 2.46 bits per heavy atom. The van der Waals surface area contributed by atoms with E-state index in [1.807, 2.05) is 6.92 Å². The second-order valence-corrected chi connectivity index (χ2v) is 2.31. The molecule has 5 heteroatoms. The van der Waals surface area contributed by atoms with Crippen molar-refractivity contribution in [1.29, 1.82) is 10.5 Å². The number of nitrogens with zero attached hydrogens (tertiary/aromatic N) is 2. The largest absolute Gasteiger partial charge is 0.388 e. The zero-order valence-electron chi connectivity index (χ0n) is 7.29. The Labute approximate surface area is 76.4 Å². The van der Waals surface area contributed by atoms with Crippen molar-refractivity contribution in [2.75, 3.05) is 0 Å². The van der Waals surface area contributed by atoms with Gasteiger partial charge in [0.1, 0.15) is 17.8 Å². The average Bonchev–Trinajstić information content (AvgIpc) is 2.13. The lowest BCUT2D eigenvalue weighted by Gasteiger charge is -2.01. The Bertz CT molecular complexity index is 305. The molecule has 0 aliphatic carbocycles. The van der Waals surface area contributed by atoms with Crippen LogP contribution >= 0.6 is 0 Å². The van der Waals surface area contributed by atoms with Crippen LogP contribution in [0.25, 0.3) is 0 Å². The second kappa shape index (κ2) is 5.62. The van der Waals surface area contributed by atoms with Crippen LogP contribution in [-0.4, -0.2) is 5.91 Å². The summed E-state index contributed by atoms with van der Waals surface area (Å²) in [7, 11) is 0. The molecule has 13 heavy (non-hydrogen) atoms. The van der Waals surface area contributed by atoms with Crippen LogP contribution in [0.4, 0.5) is 0 Å². The zero-order chi connectivity index (χ0) is 10.3. The van der Waals surface area contributed by atoms with Gasteiger partial charge in [0, 0.05) is 6.42 Å². The highest BCUT2D eigenvalue weighted by molar-refractivity contribution is 5.78. The summed E-state index contributed by atoms with van der Waals surface area (Å²) in [6.07, 6.45) is 0.987. The molecule has 5 nitrogen and oxygen atoms in total. The predicted octanol–water partition coefficient (Wildman–Crippen LogP) is 0.120. The molecule has 0 aliphatic rings. The number of rotatable bonds is 3. The van der Waals surface area contributed by atoms with Gasteiger partial charge in [-0.3, -0.25) is 4.79 Å². The highest BCUT2D eigenvalue weighted by Gasteiger charge is 2.06. The summed E-state index contributed by atoms with van der Waals surface area (Å²) in [6.45, 7) is 1.84. The lowest BCUT2D eigenvalue weighted by molar-refractivity contribution is -0.120.